The minimum Gasteiger partial charge on any atom is -1.00 e. The van der Waals surface area contributed by atoms with Crippen LogP contribution >= 0.6 is 0 Å². The lowest BCUT2D eigenvalue weighted by Crippen LogP contribution is -3.00. The number of unbranched alkanes of at least 4 members (excludes halogenated alkanes) is 7. The Kier molecular flexibility index (Phi) is 13.8. The van der Waals surface area contributed by atoms with Gasteiger partial charge in [-0.25, -0.2) is 0 Å². The van der Waals surface area contributed by atoms with Crippen LogP contribution in [0.4, 0.5) is 0 Å². The van der Waals surface area contributed by atoms with Crippen molar-refractivity contribution in [1.29, 1.82) is 0 Å². The third kappa shape index (κ3) is 10.9. The maximum absolute atomic E-state index is 9.39. The zero-order valence-corrected chi connectivity index (χ0v) is 16.7. The van der Waals surface area contributed by atoms with Crippen LogP contribution in [0.15, 0.2) is 30.3 Å². The van der Waals surface area contributed by atoms with Crippen molar-refractivity contribution in [2.45, 2.75) is 64.8 Å². The summed E-state index contributed by atoms with van der Waals surface area (Å²) in [6.07, 6.45) is 10.9. The van der Waals surface area contributed by atoms with Crippen molar-refractivity contribution in [3.63, 3.8) is 0 Å². The van der Waals surface area contributed by atoms with Gasteiger partial charge in [-0.05, 0) is 12.8 Å². The second-order valence-corrected chi connectivity index (χ2v) is 6.91. The van der Waals surface area contributed by atoms with Gasteiger partial charge in [0.1, 0.15) is 13.1 Å². The molecule has 134 valence electrons. The molecule has 1 aromatic carbocycles. The second-order valence-electron chi connectivity index (χ2n) is 6.91. The van der Waals surface area contributed by atoms with Gasteiger partial charge < -0.3 is 26.6 Å². The number of hydrogen-bond acceptors (Lipinski definition) is 1. The summed E-state index contributed by atoms with van der Waals surface area (Å²) in [5.74, 6) is 0. The molecule has 0 aromatic heterocycles. The largest absolute Gasteiger partial charge is 1.00 e. The molecule has 0 bridgehead atoms. The van der Waals surface area contributed by atoms with Crippen molar-refractivity contribution in [2.24, 2.45) is 0 Å². The van der Waals surface area contributed by atoms with Crippen molar-refractivity contribution in [2.75, 3.05) is 26.7 Å². The van der Waals surface area contributed by atoms with E-state index < -0.39 is 0 Å². The first-order chi connectivity index (χ1) is 10.7. The number of benzene rings is 1. The number of nitrogens with zero attached hydrogens (tertiary/aromatic N) is 1. The third-order valence-corrected chi connectivity index (χ3v) is 4.60. The molecule has 1 unspecified atom stereocenters. The average Bonchev–Trinajstić information content (AvgIpc) is 2.51. The molecule has 0 amide bonds. The van der Waals surface area contributed by atoms with E-state index >= 15 is 0 Å². The summed E-state index contributed by atoms with van der Waals surface area (Å²) in [4.78, 5) is 0. The van der Waals surface area contributed by atoms with Crippen LogP contribution in [0.1, 0.15) is 63.9 Å². The van der Waals surface area contributed by atoms with Gasteiger partial charge >= 0.3 is 0 Å². The lowest BCUT2D eigenvalue weighted by atomic mass is 10.1. The monoisotopic (exact) mass is 385 g/mol. The zero-order chi connectivity index (χ0) is 16.1. The molecule has 0 fully saturated rings. The van der Waals surface area contributed by atoms with E-state index in [0.29, 0.717) is 0 Å². The topological polar surface area (TPSA) is 20.2 Å². The predicted molar refractivity (Wildman–Crippen MR) is 95.8 cm³/mol. The summed E-state index contributed by atoms with van der Waals surface area (Å²) in [5.41, 5.74) is 1.37. The molecule has 0 aliphatic rings. The molecule has 0 heterocycles. The Labute approximate surface area is 154 Å². The molecule has 1 aromatic rings. The lowest BCUT2D eigenvalue weighted by molar-refractivity contribution is -0.923. The van der Waals surface area contributed by atoms with E-state index in [1.165, 1.54) is 63.5 Å². The molecule has 0 radical (unpaired) electrons. The van der Waals surface area contributed by atoms with Crippen LogP contribution in [0.3, 0.4) is 0 Å². The number of quaternary nitrogens is 1. The summed E-state index contributed by atoms with van der Waals surface area (Å²) < 4.78 is 0.955. The highest BCUT2D eigenvalue weighted by molar-refractivity contribution is 5.13. The van der Waals surface area contributed by atoms with E-state index in [2.05, 4.69) is 44.3 Å². The Morgan fingerprint density at radius 1 is 0.826 bits per heavy atom. The van der Waals surface area contributed by atoms with Gasteiger partial charge in [0.05, 0.1) is 20.2 Å². The Hall–Kier alpha value is -0.380. The Morgan fingerprint density at radius 2 is 1.39 bits per heavy atom. The summed E-state index contributed by atoms with van der Waals surface area (Å²) in [5, 5.41) is 9.39. The van der Waals surface area contributed by atoms with Crippen LogP contribution in [0.25, 0.3) is 0 Å². The average molecular weight is 386 g/mol. The molecule has 23 heavy (non-hydrogen) atoms. The van der Waals surface area contributed by atoms with E-state index in [1.54, 1.807) is 0 Å². The molecule has 1 atom stereocenters. The molecule has 0 saturated heterocycles. The van der Waals surface area contributed by atoms with Gasteiger partial charge in [0.15, 0.2) is 0 Å². The quantitative estimate of drug-likeness (QED) is 0.405. The molecule has 2 nitrogen and oxygen atoms in total. The molecule has 0 spiro atoms. The number of likely N-dealkylation sites (N-methyl/N-ethyl adjacent to an activating group) is 1. The summed E-state index contributed by atoms with van der Waals surface area (Å²) in [7, 11) is 2.28. The number of halogens is 1. The Morgan fingerprint density at radius 3 is 1.96 bits per heavy atom. The first kappa shape index (κ1) is 22.6. The zero-order valence-electron chi connectivity index (χ0n) is 15.1. The summed E-state index contributed by atoms with van der Waals surface area (Å²) >= 11 is 0. The smallest absolute Gasteiger partial charge is 0.104 e. The minimum absolute atomic E-state index is 0. The van der Waals surface area contributed by atoms with Crippen LogP contribution in [0.2, 0.25) is 0 Å². The first-order valence-corrected chi connectivity index (χ1v) is 9.18. The van der Waals surface area contributed by atoms with E-state index in [0.717, 1.165) is 17.6 Å². The number of aliphatic hydroxyl groups excluding tert-OH is 1. The van der Waals surface area contributed by atoms with Crippen molar-refractivity contribution in [3.8, 4) is 0 Å². The molecule has 0 aliphatic carbocycles. The fourth-order valence-corrected chi connectivity index (χ4v) is 3.16. The van der Waals surface area contributed by atoms with Gasteiger partial charge in [0.25, 0.3) is 0 Å². The predicted octanol–water partition coefficient (Wildman–Crippen LogP) is 1.77. The summed E-state index contributed by atoms with van der Waals surface area (Å²) in [6, 6.07) is 10.7. The van der Waals surface area contributed by atoms with Gasteiger partial charge in [-0.2, -0.15) is 0 Å². The molecule has 1 rings (SSSR count). The molecule has 1 N–H and O–H groups in total. The minimum atomic E-state index is 0. The fourth-order valence-electron chi connectivity index (χ4n) is 3.16. The number of hydrogen-bond donors (Lipinski definition) is 1. The Bertz CT molecular complexity index is 371. The molecular weight excluding hydrogens is 350 g/mol. The van der Waals surface area contributed by atoms with Crippen LogP contribution in [0.5, 0.6) is 0 Å². The van der Waals surface area contributed by atoms with Gasteiger partial charge in [-0.1, -0.05) is 75.8 Å². The maximum Gasteiger partial charge on any atom is 0.104 e. The highest BCUT2D eigenvalue weighted by atomic mass is 79.9. The summed E-state index contributed by atoms with van der Waals surface area (Å²) in [6.45, 7) is 5.60. The third-order valence-electron chi connectivity index (χ3n) is 4.60. The van der Waals surface area contributed by atoms with Gasteiger partial charge in [0.2, 0.25) is 0 Å². The number of rotatable bonds is 13. The van der Waals surface area contributed by atoms with Crippen molar-refractivity contribution < 1.29 is 26.6 Å². The molecule has 0 saturated carbocycles. The van der Waals surface area contributed by atoms with E-state index in [1.807, 2.05) is 0 Å². The Balaban J connectivity index is 0.00000484. The maximum atomic E-state index is 9.39. The molecule has 3 heteroatoms. The molecular formula is C20H36BrNO. The van der Waals surface area contributed by atoms with Crippen LogP contribution in [-0.2, 0) is 6.54 Å². The van der Waals surface area contributed by atoms with Crippen LogP contribution in [-0.4, -0.2) is 36.3 Å². The highest BCUT2D eigenvalue weighted by Gasteiger charge is 2.20. The highest BCUT2D eigenvalue weighted by Crippen LogP contribution is 2.15. The first-order valence-electron chi connectivity index (χ1n) is 9.18. The van der Waals surface area contributed by atoms with Crippen LogP contribution < -0.4 is 17.0 Å². The second kappa shape index (κ2) is 14.0. The SMILES string of the molecule is CCCCCCCCCC[N+](C)(CCO)Cc1ccccc1.[Br-]. The van der Waals surface area contributed by atoms with E-state index in [9.17, 15) is 5.11 Å². The lowest BCUT2D eigenvalue weighted by Gasteiger charge is -2.34. The fraction of sp³-hybridized carbons (Fsp3) is 0.700. The van der Waals surface area contributed by atoms with E-state index in [-0.39, 0.29) is 23.6 Å². The van der Waals surface area contributed by atoms with Crippen molar-refractivity contribution in [1.82, 2.24) is 0 Å². The standard InChI is InChI=1S/C20H36NO.BrH/c1-3-4-5-6-7-8-9-13-16-21(2,17-18-22)19-20-14-11-10-12-15-20;/h10-12,14-15,22H,3-9,13,16-19H2,1-2H3;1H/q+1;/p-1. The van der Waals surface area contributed by atoms with Gasteiger partial charge in [-0.15, -0.1) is 0 Å². The van der Waals surface area contributed by atoms with Gasteiger partial charge in [-0.3, -0.25) is 0 Å². The number of aliphatic hydroxyl groups is 1. The normalized spacial score (nSPS) is 13.3. The van der Waals surface area contributed by atoms with Crippen LogP contribution in [0, 0.1) is 0 Å². The van der Waals surface area contributed by atoms with Crippen molar-refractivity contribution in [3.05, 3.63) is 35.9 Å². The van der Waals surface area contributed by atoms with Gasteiger partial charge in [0, 0.05) is 5.56 Å². The van der Waals surface area contributed by atoms with Crippen molar-refractivity contribution >= 4 is 0 Å². The van der Waals surface area contributed by atoms with E-state index in [4.69, 9.17) is 0 Å². The molecule has 0 aliphatic heterocycles.